The first kappa shape index (κ1) is 19.6. The summed E-state index contributed by atoms with van der Waals surface area (Å²) >= 11 is 0. The van der Waals surface area contributed by atoms with Crippen LogP contribution in [0.4, 0.5) is 18.9 Å². The van der Waals surface area contributed by atoms with Crippen molar-refractivity contribution in [3.05, 3.63) is 29.8 Å². The largest absolute Gasteiger partial charge is 0.416 e. The number of alkyl halides is 3. The van der Waals surface area contributed by atoms with Crippen LogP contribution in [-0.4, -0.2) is 67.6 Å². The number of carbonyl (C=O) groups excluding carboxylic acids is 2. The van der Waals surface area contributed by atoms with E-state index in [0.717, 1.165) is 31.8 Å². The molecular formula is C18H22F3N3O3. The molecule has 2 heterocycles. The molecule has 1 N–H and O–H groups in total. The maximum Gasteiger partial charge on any atom is 0.416 e. The van der Waals surface area contributed by atoms with E-state index >= 15 is 0 Å². The summed E-state index contributed by atoms with van der Waals surface area (Å²) in [7, 11) is 0. The Morgan fingerprint density at radius 3 is 2.67 bits per heavy atom. The van der Waals surface area contributed by atoms with Crippen molar-refractivity contribution in [2.24, 2.45) is 5.92 Å². The van der Waals surface area contributed by atoms with Crippen LogP contribution in [-0.2, 0) is 20.5 Å². The van der Waals surface area contributed by atoms with Gasteiger partial charge in [-0.15, -0.1) is 0 Å². The molecule has 3 rings (SSSR count). The van der Waals surface area contributed by atoms with Gasteiger partial charge in [-0.2, -0.15) is 13.2 Å². The Balaban J connectivity index is 1.53. The summed E-state index contributed by atoms with van der Waals surface area (Å²) < 4.78 is 43.6. The number of likely N-dealkylation sites (tertiary alicyclic amines) is 1. The zero-order valence-electron chi connectivity index (χ0n) is 14.8. The van der Waals surface area contributed by atoms with Gasteiger partial charge in [0.15, 0.2) is 0 Å². The van der Waals surface area contributed by atoms with Crippen molar-refractivity contribution in [3.63, 3.8) is 0 Å². The van der Waals surface area contributed by atoms with Crippen molar-refractivity contribution >= 4 is 17.5 Å². The topological polar surface area (TPSA) is 61.9 Å². The molecule has 148 valence electrons. The van der Waals surface area contributed by atoms with Gasteiger partial charge in [-0.3, -0.25) is 14.5 Å². The standard InChI is InChI=1S/C18H22F3N3O3/c19-18(20,21)14-2-1-3-15(11-14)22-17(26)13-10-16(25)24(12-13)5-4-23-6-8-27-9-7-23/h1-3,11,13H,4-10,12H2,(H,22,26). The lowest BCUT2D eigenvalue weighted by Gasteiger charge is -2.28. The number of hydrogen-bond donors (Lipinski definition) is 1. The second-order valence-corrected chi connectivity index (χ2v) is 6.76. The van der Waals surface area contributed by atoms with Gasteiger partial charge in [0, 0.05) is 44.8 Å². The molecule has 0 aromatic heterocycles. The fourth-order valence-corrected chi connectivity index (χ4v) is 3.27. The summed E-state index contributed by atoms with van der Waals surface area (Å²) in [5, 5.41) is 2.50. The van der Waals surface area contributed by atoms with Gasteiger partial charge < -0.3 is 15.0 Å². The first-order valence-corrected chi connectivity index (χ1v) is 8.89. The third-order valence-corrected chi connectivity index (χ3v) is 4.83. The monoisotopic (exact) mass is 385 g/mol. The number of halogens is 3. The fourth-order valence-electron chi connectivity index (χ4n) is 3.27. The van der Waals surface area contributed by atoms with Gasteiger partial charge in [0.05, 0.1) is 24.7 Å². The first-order chi connectivity index (χ1) is 12.8. The summed E-state index contributed by atoms with van der Waals surface area (Å²) in [5.74, 6) is -1.10. The van der Waals surface area contributed by atoms with Gasteiger partial charge in [-0.05, 0) is 18.2 Å². The molecular weight excluding hydrogens is 363 g/mol. The Labute approximate surface area is 155 Å². The molecule has 1 atom stereocenters. The molecule has 1 aromatic carbocycles. The smallest absolute Gasteiger partial charge is 0.379 e. The zero-order valence-corrected chi connectivity index (χ0v) is 14.8. The highest BCUT2D eigenvalue weighted by Crippen LogP contribution is 2.31. The Morgan fingerprint density at radius 2 is 1.96 bits per heavy atom. The van der Waals surface area contributed by atoms with Gasteiger partial charge >= 0.3 is 6.18 Å². The summed E-state index contributed by atoms with van der Waals surface area (Å²) in [5.41, 5.74) is -0.746. The maximum atomic E-state index is 12.8. The van der Waals surface area contributed by atoms with E-state index in [1.807, 2.05) is 0 Å². The number of ether oxygens (including phenoxy) is 1. The Kier molecular flexibility index (Phi) is 6.01. The highest BCUT2D eigenvalue weighted by molar-refractivity contribution is 5.97. The molecule has 2 aliphatic rings. The van der Waals surface area contributed by atoms with Gasteiger partial charge in [-0.1, -0.05) is 6.07 Å². The number of amides is 2. The van der Waals surface area contributed by atoms with Crippen molar-refractivity contribution in [1.29, 1.82) is 0 Å². The molecule has 0 spiro atoms. The fraction of sp³-hybridized carbons (Fsp3) is 0.556. The number of hydrogen-bond acceptors (Lipinski definition) is 4. The van der Waals surface area contributed by atoms with E-state index in [1.165, 1.54) is 12.1 Å². The zero-order chi connectivity index (χ0) is 19.4. The van der Waals surface area contributed by atoms with Crippen molar-refractivity contribution in [1.82, 2.24) is 9.80 Å². The molecule has 1 unspecified atom stereocenters. The van der Waals surface area contributed by atoms with Crippen LogP contribution >= 0.6 is 0 Å². The predicted molar refractivity (Wildman–Crippen MR) is 92.0 cm³/mol. The van der Waals surface area contributed by atoms with Crippen molar-refractivity contribution in [2.45, 2.75) is 12.6 Å². The molecule has 2 amide bonds. The lowest BCUT2D eigenvalue weighted by molar-refractivity contribution is -0.137. The van der Waals surface area contributed by atoms with Crippen molar-refractivity contribution in [2.75, 3.05) is 51.3 Å². The van der Waals surface area contributed by atoms with E-state index in [4.69, 9.17) is 4.74 Å². The average molecular weight is 385 g/mol. The lowest BCUT2D eigenvalue weighted by Crippen LogP contribution is -2.42. The summed E-state index contributed by atoms with van der Waals surface area (Å²) in [6.45, 7) is 4.53. The van der Waals surface area contributed by atoms with E-state index in [2.05, 4.69) is 10.2 Å². The third kappa shape index (κ3) is 5.20. The molecule has 27 heavy (non-hydrogen) atoms. The number of carbonyl (C=O) groups is 2. The molecule has 0 bridgehead atoms. The van der Waals surface area contributed by atoms with E-state index < -0.39 is 23.6 Å². The quantitative estimate of drug-likeness (QED) is 0.840. The average Bonchev–Trinajstić information content (AvgIpc) is 3.01. The number of nitrogens with one attached hydrogen (secondary N) is 1. The van der Waals surface area contributed by atoms with E-state index in [1.54, 1.807) is 4.90 Å². The molecule has 0 aliphatic carbocycles. The first-order valence-electron chi connectivity index (χ1n) is 8.89. The number of anilines is 1. The Hall–Kier alpha value is -2.13. The van der Waals surface area contributed by atoms with Crippen LogP contribution in [0.3, 0.4) is 0 Å². The minimum atomic E-state index is -4.47. The molecule has 2 aliphatic heterocycles. The Morgan fingerprint density at radius 1 is 1.22 bits per heavy atom. The maximum absolute atomic E-state index is 12.8. The second kappa shape index (κ2) is 8.26. The highest BCUT2D eigenvalue weighted by Gasteiger charge is 2.35. The van der Waals surface area contributed by atoms with Crippen LogP contribution in [0.2, 0.25) is 0 Å². The van der Waals surface area contributed by atoms with Crippen molar-refractivity contribution in [3.8, 4) is 0 Å². The van der Waals surface area contributed by atoms with Crippen LogP contribution in [0.1, 0.15) is 12.0 Å². The van der Waals surface area contributed by atoms with Gasteiger partial charge in [0.25, 0.3) is 0 Å². The summed E-state index contributed by atoms with van der Waals surface area (Å²) in [4.78, 5) is 28.4. The minimum Gasteiger partial charge on any atom is -0.379 e. The normalized spacial score (nSPS) is 21.5. The van der Waals surface area contributed by atoms with E-state index in [-0.39, 0.29) is 24.6 Å². The number of rotatable bonds is 5. The van der Waals surface area contributed by atoms with Crippen LogP contribution < -0.4 is 5.32 Å². The lowest BCUT2D eigenvalue weighted by atomic mass is 10.1. The number of nitrogens with zero attached hydrogens (tertiary/aromatic N) is 2. The second-order valence-electron chi connectivity index (χ2n) is 6.76. The summed E-state index contributed by atoms with van der Waals surface area (Å²) in [6, 6.07) is 4.49. The van der Waals surface area contributed by atoms with Crippen molar-refractivity contribution < 1.29 is 27.5 Å². The van der Waals surface area contributed by atoms with Gasteiger partial charge in [0.1, 0.15) is 0 Å². The Bertz CT molecular complexity index is 690. The minimum absolute atomic E-state index is 0.0773. The third-order valence-electron chi connectivity index (χ3n) is 4.83. The molecule has 6 nitrogen and oxygen atoms in total. The van der Waals surface area contributed by atoms with E-state index in [9.17, 15) is 22.8 Å². The number of benzene rings is 1. The molecule has 9 heteroatoms. The molecule has 2 saturated heterocycles. The van der Waals surface area contributed by atoms with E-state index in [0.29, 0.717) is 19.8 Å². The van der Waals surface area contributed by atoms with Crippen LogP contribution in [0.15, 0.2) is 24.3 Å². The van der Waals surface area contributed by atoms with Gasteiger partial charge in [0.2, 0.25) is 11.8 Å². The molecule has 0 radical (unpaired) electrons. The molecule has 1 aromatic rings. The molecule has 2 fully saturated rings. The van der Waals surface area contributed by atoms with Crippen LogP contribution in [0, 0.1) is 5.92 Å². The molecule has 0 saturated carbocycles. The SMILES string of the molecule is O=C(Nc1cccc(C(F)(F)F)c1)C1CC(=O)N(CCN2CCOCC2)C1. The number of morpholine rings is 1. The highest BCUT2D eigenvalue weighted by atomic mass is 19.4. The summed E-state index contributed by atoms with van der Waals surface area (Å²) in [6.07, 6.45) is -4.39. The van der Waals surface area contributed by atoms with Crippen LogP contribution in [0.25, 0.3) is 0 Å². The van der Waals surface area contributed by atoms with Crippen LogP contribution in [0.5, 0.6) is 0 Å². The predicted octanol–water partition coefficient (Wildman–Crippen LogP) is 1.82. The van der Waals surface area contributed by atoms with Gasteiger partial charge in [-0.25, -0.2) is 0 Å².